The van der Waals surface area contributed by atoms with E-state index in [1.54, 1.807) is 23.9 Å². The van der Waals surface area contributed by atoms with Gasteiger partial charge in [0.1, 0.15) is 11.6 Å². The summed E-state index contributed by atoms with van der Waals surface area (Å²) in [7, 11) is 3.99. The molecule has 8 heteroatoms. The van der Waals surface area contributed by atoms with Crippen LogP contribution >= 0.6 is 23.4 Å². The van der Waals surface area contributed by atoms with E-state index in [4.69, 9.17) is 16.3 Å². The van der Waals surface area contributed by atoms with Crippen molar-refractivity contribution in [2.24, 2.45) is 0 Å². The summed E-state index contributed by atoms with van der Waals surface area (Å²) >= 11 is 7.49. The number of rotatable bonds is 9. The number of hydrogen-bond donors (Lipinski definition) is 0. The Morgan fingerprint density at radius 1 is 1.10 bits per heavy atom. The minimum absolute atomic E-state index is 0.0649. The maximum atomic E-state index is 13.4. The van der Waals surface area contributed by atoms with Crippen molar-refractivity contribution in [1.82, 2.24) is 19.7 Å². The summed E-state index contributed by atoms with van der Waals surface area (Å²) in [4.78, 5) is 2.07. The molecule has 0 radical (unpaired) electrons. The quantitative estimate of drug-likeness (QED) is 0.340. The second-order valence-electron chi connectivity index (χ2n) is 6.80. The van der Waals surface area contributed by atoms with E-state index in [2.05, 4.69) is 22.0 Å². The molecule has 0 saturated heterocycles. The molecule has 1 aromatic heterocycles. The molecule has 0 bridgehead atoms. The molecule has 0 aliphatic heterocycles. The molecule has 154 valence electrons. The largest absolute Gasteiger partial charge is 0.494 e. The van der Waals surface area contributed by atoms with Gasteiger partial charge in [0.25, 0.3) is 0 Å². The molecular formula is C21H24ClFN4OS. The highest BCUT2D eigenvalue weighted by Crippen LogP contribution is 2.27. The zero-order chi connectivity index (χ0) is 20.8. The monoisotopic (exact) mass is 434 g/mol. The van der Waals surface area contributed by atoms with Crippen LogP contribution in [0.2, 0.25) is 5.02 Å². The Balaban J connectivity index is 1.66. The van der Waals surface area contributed by atoms with E-state index in [1.807, 2.05) is 42.9 Å². The number of aromatic nitrogens is 3. The Morgan fingerprint density at radius 2 is 1.79 bits per heavy atom. The lowest BCUT2D eigenvalue weighted by Gasteiger charge is -2.20. The van der Waals surface area contributed by atoms with Crippen LogP contribution in [0.3, 0.4) is 0 Å². The van der Waals surface area contributed by atoms with Gasteiger partial charge >= 0.3 is 0 Å². The van der Waals surface area contributed by atoms with Gasteiger partial charge in [-0.2, -0.15) is 0 Å². The predicted molar refractivity (Wildman–Crippen MR) is 116 cm³/mol. The minimum atomic E-state index is -0.266. The van der Waals surface area contributed by atoms with Crippen LogP contribution in [-0.4, -0.2) is 46.1 Å². The van der Waals surface area contributed by atoms with E-state index in [-0.39, 0.29) is 11.9 Å². The molecule has 0 saturated carbocycles. The summed E-state index contributed by atoms with van der Waals surface area (Å²) in [5.74, 6) is 2.18. The molecule has 0 aliphatic carbocycles. The summed E-state index contributed by atoms with van der Waals surface area (Å²) < 4.78 is 21.1. The molecule has 2 aromatic carbocycles. The molecule has 3 rings (SSSR count). The molecule has 0 fully saturated rings. The lowest BCUT2D eigenvalue weighted by atomic mass is 10.2. The summed E-state index contributed by atoms with van der Waals surface area (Å²) in [6.07, 6.45) is 0.849. The van der Waals surface area contributed by atoms with E-state index in [9.17, 15) is 4.39 Å². The fourth-order valence-electron chi connectivity index (χ4n) is 2.65. The minimum Gasteiger partial charge on any atom is -0.494 e. The van der Waals surface area contributed by atoms with Crippen LogP contribution in [0, 0.1) is 5.82 Å². The highest BCUT2D eigenvalue weighted by atomic mass is 35.5. The second-order valence-corrected chi connectivity index (χ2v) is 8.30. The van der Waals surface area contributed by atoms with E-state index in [0.717, 1.165) is 34.6 Å². The predicted octanol–water partition coefficient (Wildman–Crippen LogP) is 5.24. The van der Waals surface area contributed by atoms with Crippen LogP contribution in [0.5, 0.6) is 5.75 Å². The van der Waals surface area contributed by atoms with E-state index >= 15 is 0 Å². The molecule has 0 spiro atoms. The van der Waals surface area contributed by atoms with Crippen molar-refractivity contribution in [2.75, 3.05) is 26.5 Å². The van der Waals surface area contributed by atoms with Gasteiger partial charge in [0.05, 0.1) is 12.6 Å². The first kappa shape index (κ1) is 21.6. The van der Waals surface area contributed by atoms with Crippen LogP contribution in [0.4, 0.5) is 4.39 Å². The van der Waals surface area contributed by atoms with Gasteiger partial charge in [-0.1, -0.05) is 23.4 Å². The maximum Gasteiger partial charge on any atom is 0.195 e. The van der Waals surface area contributed by atoms with Gasteiger partial charge in [0, 0.05) is 16.5 Å². The van der Waals surface area contributed by atoms with Crippen LogP contribution in [0.15, 0.2) is 53.7 Å². The highest BCUT2D eigenvalue weighted by Gasteiger charge is 2.20. The van der Waals surface area contributed by atoms with E-state index in [0.29, 0.717) is 11.6 Å². The van der Waals surface area contributed by atoms with Gasteiger partial charge in [0.15, 0.2) is 11.0 Å². The molecule has 1 heterocycles. The zero-order valence-electron chi connectivity index (χ0n) is 16.7. The average Bonchev–Trinajstić information content (AvgIpc) is 3.12. The van der Waals surface area contributed by atoms with Crippen LogP contribution in [0.1, 0.15) is 25.2 Å². The van der Waals surface area contributed by atoms with Gasteiger partial charge in [-0.3, -0.25) is 9.47 Å². The molecule has 5 nitrogen and oxygen atoms in total. The standard InChI is InChI=1S/C21H24ClFN4OS/c1-15(26(2)3)20-24-25-21(27(20)18-9-7-17(23)8-10-18)29-14-4-13-28-19-11-5-16(22)6-12-19/h5-12,15H,4,13-14H2,1-3H3/t15-/m0/s1. The van der Waals surface area contributed by atoms with Crippen molar-refractivity contribution in [3.8, 4) is 11.4 Å². The van der Waals surface area contributed by atoms with E-state index < -0.39 is 0 Å². The van der Waals surface area contributed by atoms with Crippen LogP contribution < -0.4 is 4.74 Å². The van der Waals surface area contributed by atoms with Crippen molar-refractivity contribution in [3.05, 3.63) is 65.2 Å². The number of thioether (sulfide) groups is 1. The van der Waals surface area contributed by atoms with Crippen molar-refractivity contribution in [2.45, 2.75) is 24.5 Å². The third-order valence-corrected chi connectivity index (χ3v) is 5.76. The van der Waals surface area contributed by atoms with Crippen molar-refractivity contribution >= 4 is 23.4 Å². The molecule has 0 N–H and O–H groups in total. The fraction of sp³-hybridized carbons (Fsp3) is 0.333. The molecular weight excluding hydrogens is 411 g/mol. The molecule has 29 heavy (non-hydrogen) atoms. The first-order chi connectivity index (χ1) is 14.0. The Labute approximate surface area is 179 Å². The van der Waals surface area contributed by atoms with Crippen molar-refractivity contribution in [1.29, 1.82) is 0 Å². The lowest BCUT2D eigenvalue weighted by molar-refractivity contribution is 0.305. The summed E-state index contributed by atoms with van der Waals surface area (Å²) in [6.45, 7) is 2.67. The molecule has 1 atom stereocenters. The molecule has 3 aromatic rings. The number of hydrogen-bond acceptors (Lipinski definition) is 5. The van der Waals surface area contributed by atoms with Gasteiger partial charge in [0.2, 0.25) is 0 Å². The van der Waals surface area contributed by atoms with Gasteiger partial charge in [-0.25, -0.2) is 4.39 Å². The third kappa shape index (κ3) is 5.72. The Morgan fingerprint density at radius 3 is 2.45 bits per heavy atom. The average molecular weight is 435 g/mol. The van der Waals surface area contributed by atoms with Gasteiger partial charge in [-0.05, 0) is 76.0 Å². The lowest BCUT2D eigenvalue weighted by Crippen LogP contribution is -2.20. The number of halogens is 2. The second kappa shape index (κ2) is 10.1. The third-order valence-electron chi connectivity index (χ3n) is 4.49. The van der Waals surface area contributed by atoms with Crippen molar-refractivity contribution < 1.29 is 9.13 Å². The zero-order valence-corrected chi connectivity index (χ0v) is 18.3. The fourth-order valence-corrected chi connectivity index (χ4v) is 3.65. The first-order valence-electron chi connectivity index (χ1n) is 9.34. The Bertz CT molecular complexity index is 915. The van der Waals surface area contributed by atoms with Gasteiger partial charge < -0.3 is 4.74 Å². The number of ether oxygens (including phenoxy) is 1. The Kier molecular flexibility index (Phi) is 7.52. The highest BCUT2D eigenvalue weighted by molar-refractivity contribution is 7.99. The van der Waals surface area contributed by atoms with Crippen LogP contribution in [0.25, 0.3) is 5.69 Å². The normalized spacial score (nSPS) is 12.3. The topological polar surface area (TPSA) is 43.2 Å². The first-order valence-corrected chi connectivity index (χ1v) is 10.7. The van der Waals surface area contributed by atoms with E-state index in [1.165, 1.54) is 12.1 Å². The smallest absolute Gasteiger partial charge is 0.195 e. The Hall–Kier alpha value is -2.09. The van der Waals surface area contributed by atoms with Crippen LogP contribution in [-0.2, 0) is 0 Å². The maximum absolute atomic E-state index is 13.4. The SMILES string of the molecule is C[C@@H](c1nnc(SCCCOc2ccc(Cl)cc2)n1-c1ccc(F)cc1)N(C)C. The summed E-state index contributed by atoms with van der Waals surface area (Å²) in [5.41, 5.74) is 0.847. The summed E-state index contributed by atoms with van der Waals surface area (Å²) in [5, 5.41) is 10.3. The molecule has 0 aliphatic rings. The molecule has 0 unspecified atom stereocenters. The summed E-state index contributed by atoms with van der Waals surface area (Å²) in [6, 6.07) is 13.8. The molecule has 0 amide bonds. The van der Waals surface area contributed by atoms with Crippen molar-refractivity contribution in [3.63, 3.8) is 0 Å². The number of nitrogens with zero attached hydrogens (tertiary/aromatic N) is 4. The number of benzene rings is 2. The van der Waals surface area contributed by atoms with Gasteiger partial charge in [-0.15, -0.1) is 10.2 Å².